The molecule has 2 N–H and O–H groups in total. The maximum Gasteiger partial charge on any atom is 0.121 e. The van der Waals surface area contributed by atoms with Crippen molar-refractivity contribution in [2.24, 2.45) is 0 Å². The molecule has 1 heterocycles. The number of thiazole rings is 1. The van der Waals surface area contributed by atoms with Crippen molar-refractivity contribution >= 4 is 11.3 Å². The molecule has 0 aliphatic rings. The number of aromatic nitrogens is 1. The molecular formula is C14H18N2OS. The number of hydrogen-bond acceptors (Lipinski definition) is 4. The van der Waals surface area contributed by atoms with Crippen molar-refractivity contribution in [1.82, 2.24) is 10.3 Å². The molecule has 0 aliphatic carbocycles. The molecule has 1 aromatic carbocycles. The summed E-state index contributed by atoms with van der Waals surface area (Å²) in [5.74, 6) is 0.400. The normalized spacial score (nSPS) is 10.8. The van der Waals surface area contributed by atoms with Crippen LogP contribution in [-0.4, -0.2) is 10.1 Å². The van der Waals surface area contributed by atoms with Crippen molar-refractivity contribution in [3.63, 3.8) is 0 Å². The second-order valence-electron chi connectivity index (χ2n) is 4.54. The minimum atomic E-state index is 0.400. The van der Waals surface area contributed by atoms with E-state index in [1.165, 1.54) is 10.4 Å². The lowest BCUT2D eigenvalue weighted by Gasteiger charge is -2.09. The summed E-state index contributed by atoms with van der Waals surface area (Å²) >= 11 is 1.68. The third-order valence-electron chi connectivity index (χ3n) is 3.01. The lowest BCUT2D eigenvalue weighted by Crippen LogP contribution is -2.12. The van der Waals surface area contributed by atoms with Crippen LogP contribution >= 0.6 is 11.3 Å². The molecule has 0 unspecified atom stereocenters. The van der Waals surface area contributed by atoms with E-state index in [4.69, 9.17) is 0 Å². The highest BCUT2D eigenvalue weighted by Crippen LogP contribution is 2.22. The van der Waals surface area contributed by atoms with Crippen molar-refractivity contribution in [3.05, 3.63) is 44.9 Å². The highest BCUT2D eigenvalue weighted by Gasteiger charge is 2.04. The summed E-state index contributed by atoms with van der Waals surface area (Å²) in [4.78, 5) is 5.51. The molecule has 2 aromatic rings. The molecule has 0 radical (unpaired) electrons. The molecule has 0 saturated heterocycles. The van der Waals surface area contributed by atoms with Gasteiger partial charge in [0.2, 0.25) is 0 Å². The SMILES string of the molecule is Cc1cc(CNCc2scnc2C)cc(C)c1O. The molecule has 0 atom stereocenters. The van der Waals surface area contributed by atoms with Crippen LogP contribution in [0.2, 0.25) is 0 Å². The first-order valence-electron chi connectivity index (χ1n) is 5.96. The molecule has 0 aliphatic heterocycles. The van der Waals surface area contributed by atoms with Gasteiger partial charge in [0.05, 0.1) is 11.2 Å². The molecule has 0 fully saturated rings. The highest BCUT2D eigenvalue weighted by atomic mass is 32.1. The average molecular weight is 262 g/mol. The third kappa shape index (κ3) is 2.89. The molecule has 0 amide bonds. The minimum absolute atomic E-state index is 0.400. The lowest BCUT2D eigenvalue weighted by molar-refractivity contribution is 0.466. The van der Waals surface area contributed by atoms with Crippen LogP contribution in [0, 0.1) is 20.8 Å². The number of hydrogen-bond donors (Lipinski definition) is 2. The largest absolute Gasteiger partial charge is 0.507 e. The van der Waals surface area contributed by atoms with Gasteiger partial charge >= 0.3 is 0 Å². The van der Waals surface area contributed by atoms with Crippen molar-refractivity contribution in [1.29, 1.82) is 0 Å². The number of phenolic OH excluding ortho intramolecular Hbond substituents is 1. The molecule has 0 spiro atoms. The summed E-state index contributed by atoms with van der Waals surface area (Å²) in [6.45, 7) is 7.54. The molecule has 4 heteroatoms. The Morgan fingerprint density at radius 2 is 1.83 bits per heavy atom. The first kappa shape index (κ1) is 13.1. The monoisotopic (exact) mass is 262 g/mol. The summed E-state index contributed by atoms with van der Waals surface area (Å²) in [7, 11) is 0. The number of benzene rings is 1. The van der Waals surface area contributed by atoms with E-state index in [0.29, 0.717) is 5.75 Å². The van der Waals surface area contributed by atoms with Crippen LogP contribution in [0.5, 0.6) is 5.75 Å². The quantitative estimate of drug-likeness (QED) is 0.890. The molecule has 2 rings (SSSR count). The Balaban J connectivity index is 1.97. The molecule has 0 bridgehead atoms. The second kappa shape index (κ2) is 5.50. The summed E-state index contributed by atoms with van der Waals surface area (Å²) in [6, 6.07) is 4.05. The maximum atomic E-state index is 9.72. The second-order valence-corrected chi connectivity index (χ2v) is 5.48. The van der Waals surface area contributed by atoms with Gasteiger partial charge in [-0.1, -0.05) is 12.1 Å². The Kier molecular flexibility index (Phi) is 3.99. The van der Waals surface area contributed by atoms with Crippen LogP contribution in [0.1, 0.15) is 27.3 Å². The smallest absolute Gasteiger partial charge is 0.121 e. The zero-order chi connectivity index (χ0) is 13.1. The standard InChI is InChI=1S/C14H18N2OS/c1-9-4-12(5-10(2)14(9)17)6-15-7-13-11(3)16-8-18-13/h4-5,8,15,17H,6-7H2,1-3H3. The number of aromatic hydroxyl groups is 1. The zero-order valence-electron chi connectivity index (χ0n) is 10.9. The highest BCUT2D eigenvalue weighted by molar-refractivity contribution is 7.09. The van der Waals surface area contributed by atoms with Crippen LogP contribution in [0.4, 0.5) is 0 Å². The third-order valence-corrected chi connectivity index (χ3v) is 3.95. The van der Waals surface area contributed by atoms with Gasteiger partial charge in [-0.2, -0.15) is 0 Å². The van der Waals surface area contributed by atoms with Gasteiger partial charge in [-0.05, 0) is 37.5 Å². The predicted molar refractivity (Wildman–Crippen MR) is 75.0 cm³/mol. The van der Waals surface area contributed by atoms with Crippen molar-refractivity contribution < 1.29 is 5.11 Å². The summed E-state index contributed by atoms with van der Waals surface area (Å²) in [5.41, 5.74) is 6.04. The molecular weight excluding hydrogens is 244 g/mol. The summed E-state index contributed by atoms with van der Waals surface area (Å²) in [6.07, 6.45) is 0. The topological polar surface area (TPSA) is 45.2 Å². The van der Waals surface area contributed by atoms with Crippen LogP contribution < -0.4 is 5.32 Å². The lowest BCUT2D eigenvalue weighted by atomic mass is 10.1. The van der Waals surface area contributed by atoms with Gasteiger partial charge in [-0.3, -0.25) is 0 Å². The molecule has 3 nitrogen and oxygen atoms in total. The first-order chi connectivity index (χ1) is 8.58. The molecule has 1 aromatic heterocycles. The van der Waals surface area contributed by atoms with E-state index in [-0.39, 0.29) is 0 Å². The number of nitrogens with zero attached hydrogens (tertiary/aromatic N) is 1. The fourth-order valence-corrected chi connectivity index (χ4v) is 2.71. The average Bonchev–Trinajstić information content (AvgIpc) is 2.72. The number of phenols is 1. The van der Waals surface area contributed by atoms with E-state index in [2.05, 4.69) is 10.3 Å². The summed E-state index contributed by atoms with van der Waals surface area (Å²) in [5, 5.41) is 13.1. The maximum absolute atomic E-state index is 9.72. The Labute approximate surface area is 112 Å². The molecule has 96 valence electrons. The Hall–Kier alpha value is -1.39. The van der Waals surface area contributed by atoms with E-state index in [1.807, 2.05) is 38.4 Å². The van der Waals surface area contributed by atoms with Crippen molar-refractivity contribution in [3.8, 4) is 5.75 Å². The van der Waals surface area contributed by atoms with Gasteiger partial charge in [0.1, 0.15) is 5.75 Å². The molecule has 0 saturated carbocycles. The Bertz CT molecular complexity index is 525. The van der Waals surface area contributed by atoms with Crippen molar-refractivity contribution in [2.75, 3.05) is 0 Å². The van der Waals surface area contributed by atoms with E-state index in [1.54, 1.807) is 11.3 Å². The minimum Gasteiger partial charge on any atom is -0.507 e. The van der Waals surface area contributed by atoms with E-state index >= 15 is 0 Å². The first-order valence-corrected chi connectivity index (χ1v) is 6.84. The predicted octanol–water partition coefficient (Wildman–Crippen LogP) is 3.06. The summed E-state index contributed by atoms with van der Waals surface area (Å²) < 4.78 is 0. The van der Waals surface area contributed by atoms with Gasteiger partial charge in [0.25, 0.3) is 0 Å². The van der Waals surface area contributed by atoms with E-state index in [0.717, 1.165) is 29.9 Å². The van der Waals surface area contributed by atoms with E-state index in [9.17, 15) is 5.11 Å². The van der Waals surface area contributed by atoms with Gasteiger partial charge in [0.15, 0.2) is 0 Å². The van der Waals surface area contributed by atoms with E-state index < -0.39 is 0 Å². The van der Waals surface area contributed by atoms with Gasteiger partial charge in [-0.25, -0.2) is 4.98 Å². The van der Waals surface area contributed by atoms with Crippen molar-refractivity contribution in [2.45, 2.75) is 33.9 Å². The zero-order valence-corrected chi connectivity index (χ0v) is 11.8. The van der Waals surface area contributed by atoms with Crippen LogP contribution in [0.3, 0.4) is 0 Å². The van der Waals surface area contributed by atoms with Gasteiger partial charge in [-0.15, -0.1) is 11.3 Å². The fourth-order valence-electron chi connectivity index (χ4n) is 1.96. The number of nitrogens with one attached hydrogen (secondary N) is 1. The van der Waals surface area contributed by atoms with Crippen LogP contribution in [0.15, 0.2) is 17.6 Å². The van der Waals surface area contributed by atoms with Crippen LogP contribution in [-0.2, 0) is 13.1 Å². The fraction of sp³-hybridized carbons (Fsp3) is 0.357. The Morgan fingerprint density at radius 3 is 2.39 bits per heavy atom. The molecule has 18 heavy (non-hydrogen) atoms. The van der Waals surface area contributed by atoms with Gasteiger partial charge < -0.3 is 10.4 Å². The number of aryl methyl sites for hydroxylation is 3. The Morgan fingerprint density at radius 1 is 1.17 bits per heavy atom. The van der Waals surface area contributed by atoms with Gasteiger partial charge in [0, 0.05) is 18.0 Å². The number of rotatable bonds is 4. The van der Waals surface area contributed by atoms with Crippen LogP contribution in [0.25, 0.3) is 0 Å².